The fourth-order valence-electron chi connectivity index (χ4n) is 1.54. The molecule has 17 heavy (non-hydrogen) atoms. The van der Waals surface area contributed by atoms with Gasteiger partial charge >= 0.3 is 0 Å². The summed E-state index contributed by atoms with van der Waals surface area (Å²) in [5.41, 5.74) is 0.552. The van der Waals surface area contributed by atoms with Gasteiger partial charge in [-0.25, -0.2) is 9.37 Å². The number of hydrogen-bond acceptors (Lipinski definition) is 4. The van der Waals surface area contributed by atoms with Crippen LogP contribution in [0.2, 0.25) is 0 Å². The maximum atomic E-state index is 13.3. The number of rotatable bonds is 2. The maximum absolute atomic E-state index is 13.3. The van der Waals surface area contributed by atoms with E-state index in [9.17, 15) is 9.18 Å². The summed E-state index contributed by atoms with van der Waals surface area (Å²) in [5.74, 6) is -0.249. The summed E-state index contributed by atoms with van der Waals surface area (Å²) in [5, 5.41) is 3.28. The van der Waals surface area contributed by atoms with Crippen LogP contribution in [0.15, 0.2) is 17.0 Å². The fourth-order valence-corrected chi connectivity index (χ4v) is 2.71. The van der Waals surface area contributed by atoms with Crippen molar-refractivity contribution in [3.05, 3.63) is 17.9 Å². The zero-order valence-electron chi connectivity index (χ0n) is 8.74. The molecule has 1 aliphatic rings. The molecule has 1 fully saturated rings. The summed E-state index contributed by atoms with van der Waals surface area (Å²) in [6.07, 6.45) is 1.90. The monoisotopic (exact) mass is 268 g/mol. The molecular formula is C11H9FN2OS2. The number of nitrogens with one attached hydrogen (secondary N) is 1. The first kappa shape index (κ1) is 11.0. The molecule has 3 nitrogen and oxygen atoms in total. The Morgan fingerprint density at radius 2 is 2.29 bits per heavy atom. The normalized spacial score (nSPS) is 15.2. The van der Waals surface area contributed by atoms with E-state index in [2.05, 4.69) is 22.9 Å². The molecule has 1 aliphatic carbocycles. The Hall–Kier alpha value is -1.14. The van der Waals surface area contributed by atoms with Gasteiger partial charge in [-0.3, -0.25) is 4.79 Å². The lowest BCUT2D eigenvalue weighted by Gasteiger charge is -1.96. The lowest BCUT2D eigenvalue weighted by Crippen LogP contribution is -2.12. The molecule has 0 aliphatic heterocycles. The summed E-state index contributed by atoms with van der Waals surface area (Å²) in [6, 6.07) is 2.96. The van der Waals surface area contributed by atoms with Crippen molar-refractivity contribution >= 4 is 45.2 Å². The smallest absolute Gasteiger partial charge is 0.229 e. The number of thiazole rings is 1. The van der Waals surface area contributed by atoms with E-state index >= 15 is 0 Å². The maximum Gasteiger partial charge on any atom is 0.229 e. The highest BCUT2D eigenvalue weighted by Crippen LogP contribution is 2.33. The van der Waals surface area contributed by atoms with Crippen molar-refractivity contribution in [1.29, 1.82) is 0 Å². The Morgan fingerprint density at radius 1 is 1.53 bits per heavy atom. The van der Waals surface area contributed by atoms with E-state index in [1.165, 1.54) is 17.4 Å². The van der Waals surface area contributed by atoms with Crippen LogP contribution in [0.5, 0.6) is 0 Å². The number of amides is 1. The molecule has 1 saturated carbocycles. The molecule has 0 bridgehead atoms. The van der Waals surface area contributed by atoms with Crippen LogP contribution in [-0.2, 0) is 4.79 Å². The number of carbonyl (C=O) groups is 1. The lowest BCUT2D eigenvalue weighted by atomic mass is 10.3. The van der Waals surface area contributed by atoms with E-state index in [0.717, 1.165) is 17.5 Å². The fraction of sp³-hybridized carbons (Fsp3) is 0.273. The molecule has 1 aromatic carbocycles. The number of hydrogen-bond donors (Lipinski definition) is 2. The molecule has 2 aromatic rings. The molecular weight excluding hydrogens is 259 g/mol. The van der Waals surface area contributed by atoms with Crippen molar-refractivity contribution in [2.24, 2.45) is 5.92 Å². The van der Waals surface area contributed by atoms with Crippen LogP contribution in [-0.4, -0.2) is 10.9 Å². The van der Waals surface area contributed by atoms with Crippen molar-refractivity contribution in [3.63, 3.8) is 0 Å². The average Bonchev–Trinajstić information content (AvgIpc) is 3.04. The van der Waals surface area contributed by atoms with Crippen LogP contribution in [0.4, 0.5) is 9.52 Å². The van der Waals surface area contributed by atoms with Gasteiger partial charge < -0.3 is 5.32 Å². The van der Waals surface area contributed by atoms with E-state index in [1.54, 1.807) is 6.07 Å². The summed E-state index contributed by atoms with van der Waals surface area (Å²) in [4.78, 5) is 16.0. The van der Waals surface area contributed by atoms with E-state index in [-0.39, 0.29) is 11.8 Å². The number of halogens is 1. The van der Waals surface area contributed by atoms with Gasteiger partial charge in [0.15, 0.2) is 5.13 Å². The second-order valence-electron chi connectivity index (χ2n) is 4.05. The van der Waals surface area contributed by atoms with Gasteiger partial charge in [0, 0.05) is 16.9 Å². The number of anilines is 1. The van der Waals surface area contributed by atoms with Gasteiger partial charge in [0.05, 0.1) is 10.2 Å². The van der Waals surface area contributed by atoms with Crippen molar-refractivity contribution in [3.8, 4) is 0 Å². The van der Waals surface area contributed by atoms with E-state index in [0.29, 0.717) is 15.5 Å². The average molecular weight is 268 g/mol. The molecule has 1 N–H and O–H groups in total. The molecule has 1 heterocycles. The predicted molar refractivity (Wildman–Crippen MR) is 68.2 cm³/mol. The third kappa shape index (κ3) is 2.14. The van der Waals surface area contributed by atoms with Gasteiger partial charge in [-0.1, -0.05) is 11.3 Å². The van der Waals surface area contributed by atoms with Gasteiger partial charge in [0.2, 0.25) is 5.91 Å². The highest BCUT2D eigenvalue weighted by Gasteiger charge is 2.30. The van der Waals surface area contributed by atoms with Gasteiger partial charge in [-0.05, 0) is 18.9 Å². The Bertz CT molecular complexity index is 568. The van der Waals surface area contributed by atoms with Crippen molar-refractivity contribution in [2.45, 2.75) is 17.7 Å². The summed E-state index contributed by atoms with van der Waals surface area (Å²) in [6.45, 7) is 0. The van der Waals surface area contributed by atoms with E-state index < -0.39 is 5.82 Å². The van der Waals surface area contributed by atoms with E-state index in [1.807, 2.05) is 0 Å². The van der Waals surface area contributed by atoms with Crippen LogP contribution in [0.25, 0.3) is 10.2 Å². The molecule has 3 rings (SSSR count). The number of aromatic nitrogens is 1. The Kier molecular flexibility index (Phi) is 2.56. The molecule has 1 amide bonds. The van der Waals surface area contributed by atoms with Crippen LogP contribution in [0, 0.1) is 11.7 Å². The number of nitrogens with zero attached hydrogens (tertiary/aromatic N) is 1. The minimum Gasteiger partial charge on any atom is -0.302 e. The number of benzene rings is 1. The van der Waals surface area contributed by atoms with Crippen LogP contribution >= 0.6 is 24.0 Å². The summed E-state index contributed by atoms with van der Waals surface area (Å²) < 4.78 is 14.1. The molecule has 0 atom stereocenters. The minimum absolute atomic E-state index is 0.00984. The highest BCUT2D eigenvalue weighted by atomic mass is 32.1. The minimum atomic E-state index is -0.397. The van der Waals surface area contributed by atoms with Crippen LogP contribution in [0.1, 0.15) is 12.8 Å². The van der Waals surface area contributed by atoms with Crippen molar-refractivity contribution in [1.82, 2.24) is 4.98 Å². The number of carbonyl (C=O) groups excluding carboxylic acids is 1. The second kappa shape index (κ2) is 3.96. The molecule has 0 unspecified atom stereocenters. The second-order valence-corrected chi connectivity index (χ2v) is 5.57. The SMILES string of the molecule is O=C(Nc1nc2cc(F)c(S)cc2s1)C1CC1. The first-order valence-corrected chi connectivity index (χ1v) is 6.50. The highest BCUT2D eigenvalue weighted by molar-refractivity contribution is 7.80. The first-order chi connectivity index (χ1) is 8.13. The zero-order valence-corrected chi connectivity index (χ0v) is 10.4. The quantitative estimate of drug-likeness (QED) is 0.822. The van der Waals surface area contributed by atoms with E-state index in [4.69, 9.17) is 0 Å². The van der Waals surface area contributed by atoms with Gasteiger partial charge in [0.1, 0.15) is 5.82 Å². The molecule has 0 radical (unpaired) electrons. The largest absolute Gasteiger partial charge is 0.302 e. The molecule has 88 valence electrons. The molecule has 6 heteroatoms. The Morgan fingerprint density at radius 3 is 3.00 bits per heavy atom. The standard InChI is InChI=1S/C11H9FN2OS2/c12-6-3-7-9(4-8(6)16)17-11(13-7)14-10(15)5-1-2-5/h3-5,16H,1-2H2,(H,13,14,15). The molecule has 0 saturated heterocycles. The molecule has 0 spiro atoms. The Labute approximate surface area is 106 Å². The van der Waals surface area contributed by atoms with Crippen molar-refractivity contribution < 1.29 is 9.18 Å². The third-order valence-corrected chi connectivity index (χ3v) is 3.91. The first-order valence-electron chi connectivity index (χ1n) is 5.23. The van der Waals surface area contributed by atoms with Crippen LogP contribution < -0.4 is 5.32 Å². The van der Waals surface area contributed by atoms with Gasteiger partial charge in [0.25, 0.3) is 0 Å². The van der Waals surface area contributed by atoms with Crippen LogP contribution in [0.3, 0.4) is 0 Å². The van der Waals surface area contributed by atoms with Crippen molar-refractivity contribution in [2.75, 3.05) is 5.32 Å². The lowest BCUT2D eigenvalue weighted by molar-refractivity contribution is -0.117. The topological polar surface area (TPSA) is 42.0 Å². The number of thiol groups is 1. The number of fused-ring (bicyclic) bond motifs is 1. The predicted octanol–water partition coefficient (Wildman–Crippen LogP) is 3.07. The third-order valence-electron chi connectivity index (χ3n) is 2.64. The van der Waals surface area contributed by atoms with Gasteiger partial charge in [-0.2, -0.15) is 0 Å². The Balaban J connectivity index is 1.93. The summed E-state index contributed by atoms with van der Waals surface area (Å²) >= 11 is 5.35. The van der Waals surface area contributed by atoms with Gasteiger partial charge in [-0.15, -0.1) is 12.6 Å². The summed E-state index contributed by atoms with van der Waals surface area (Å²) in [7, 11) is 0. The molecule has 1 aromatic heterocycles. The zero-order chi connectivity index (χ0) is 12.0.